The van der Waals surface area contributed by atoms with Gasteiger partial charge in [-0.3, -0.25) is 4.70 Å². The summed E-state index contributed by atoms with van der Waals surface area (Å²) in [6.07, 6.45) is 1.89. The first-order valence-corrected chi connectivity index (χ1v) is 6.30. The van der Waals surface area contributed by atoms with Gasteiger partial charge in [-0.25, -0.2) is 4.79 Å². The van der Waals surface area contributed by atoms with Crippen molar-refractivity contribution in [3.63, 3.8) is 0 Å². The fourth-order valence-corrected chi connectivity index (χ4v) is 2.52. The molecule has 4 heteroatoms. The maximum absolute atomic E-state index is 11.7. The average molecular weight is 273 g/mol. The molecule has 0 spiro atoms. The number of carbonyl (C=O) groups excluding carboxylic acids is 1. The Labute approximate surface area is 116 Å². The summed E-state index contributed by atoms with van der Waals surface area (Å²) in [5, 5.41) is 5.69. The van der Waals surface area contributed by atoms with E-state index in [1.807, 2.05) is 18.2 Å². The zero-order valence-corrected chi connectivity index (χ0v) is 11.1. The number of benzene rings is 2. The zero-order chi connectivity index (χ0) is 13.2. The van der Waals surface area contributed by atoms with E-state index in [9.17, 15) is 4.79 Å². The normalized spacial score (nSPS) is 17.4. The molecular formula is C16H16FNO2. The SMILES string of the molecule is COC(=O)C1=CCNC1c1ccc2ccccc2c1.F. The molecule has 0 bridgehead atoms. The zero-order valence-electron chi connectivity index (χ0n) is 11.1. The summed E-state index contributed by atoms with van der Waals surface area (Å²) in [6, 6.07) is 14.4. The molecule has 104 valence electrons. The van der Waals surface area contributed by atoms with Crippen molar-refractivity contribution in [2.24, 2.45) is 0 Å². The number of rotatable bonds is 2. The van der Waals surface area contributed by atoms with Crippen LogP contribution in [0, 0.1) is 0 Å². The number of nitrogens with one attached hydrogen (secondary N) is 1. The highest BCUT2D eigenvalue weighted by Crippen LogP contribution is 2.28. The van der Waals surface area contributed by atoms with Crippen molar-refractivity contribution in [3.8, 4) is 0 Å². The molecule has 1 atom stereocenters. The summed E-state index contributed by atoms with van der Waals surface area (Å²) in [7, 11) is 1.42. The van der Waals surface area contributed by atoms with Crippen LogP contribution in [0.4, 0.5) is 4.70 Å². The number of carbonyl (C=O) groups is 1. The Kier molecular flexibility index (Phi) is 4.15. The first kappa shape index (κ1) is 14.2. The molecule has 0 saturated carbocycles. The van der Waals surface area contributed by atoms with Gasteiger partial charge < -0.3 is 10.1 Å². The molecule has 0 saturated heterocycles. The average Bonchev–Trinajstić information content (AvgIpc) is 2.95. The minimum absolute atomic E-state index is 0. The van der Waals surface area contributed by atoms with Crippen LogP contribution in [0.1, 0.15) is 11.6 Å². The second-order valence-corrected chi connectivity index (χ2v) is 4.60. The van der Waals surface area contributed by atoms with Crippen molar-refractivity contribution in [2.75, 3.05) is 13.7 Å². The summed E-state index contributed by atoms with van der Waals surface area (Å²) >= 11 is 0. The van der Waals surface area contributed by atoms with Gasteiger partial charge in [0.1, 0.15) is 0 Å². The van der Waals surface area contributed by atoms with Crippen molar-refractivity contribution in [1.29, 1.82) is 0 Å². The molecule has 2 aromatic carbocycles. The highest BCUT2D eigenvalue weighted by atomic mass is 19.0. The molecule has 1 N–H and O–H groups in total. The van der Waals surface area contributed by atoms with Crippen LogP contribution in [0.2, 0.25) is 0 Å². The quantitative estimate of drug-likeness (QED) is 0.855. The van der Waals surface area contributed by atoms with Gasteiger partial charge in [-0.15, -0.1) is 0 Å². The van der Waals surface area contributed by atoms with Crippen molar-refractivity contribution in [2.45, 2.75) is 6.04 Å². The first-order valence-electron chi connectivity index (χ1n) is 6.30. The Morgan fingerprint density at radius 2 is 1.95 bits per heavy atom. The lowest BCUT2D eigenvalue weighted by Crippen LogP contribution is -2.20. The van der Waals surface area contributed by atoms with Crippen LogP contribution in [0.5, 0.6) is 0 Å². The number of hydrogen-bond acceptors (Lipinski definition) is 3. The molecule has 0 radical (unpaired) electrons. The lowest BCUT2D eigenvalue weighted by atomic mass is 9.98. The Morgan fingerprint density at radius 1 is 1.20 bits per heavy atom. The topological polar surface area (TPSA) is 38.3 Å². The van der Waals surface area contributed by atoms with E-state index in [4.69, 9.17) is 4.74 Å². The lowest BCUT2D eigenvalue weighted by molar-refractivity contribution is -0.136. The van der Waals surface area contributed by atoms with Crippen molar-refractivity contribution < 1.29 is 14.2 Å². The molecule has 1 aliphatic heterocycles. The number of methoxy groups -OCH3 is 1. The van der Waals surface area contributed by atoms with E-state index in [1.54, 1.807) is 0 Å². The monoisotopic (exact) mass is 273 g/mol. The molecule has 20 heavy (non-hydrogen) atoms. The van der Waals surface area contributed by atoms with Crippen LogP contribution in [0.15, 0.2) is 54.1 Å². The third kappa shape index (κ3) is 2.42. The maximum Gasteiger partial charge on any atom is 0.335 e. The largest absolute Gasteiger partial charge is 0.466 e. The van der Waals surface area contributed by atoms with Gasteiger partial charge in [-0.05, 0) is 22.4 Å². The van der Waals surface area contributed by atoms with E-state index in [0.29, 0.717) is 12.1 Å². The number of esters is 1. The highest BCUT2D eigenvalue weighted by Gasteiger charge is 2.26. The van der Waals surface area contributed by atoms with Crippen molar-refractivity contribution >= 4 is 16.7 Å². The van der Waals surface area contributed by atoms with Gasteiger partial charge in [0, 0.05) is 6.54 Å². The summed E-state index contributed by atoms with van der Waals surface area (Å²) < 4.78 is 4.83. The summed E-state index contributed by atoms with van der Waals surface area (Å²) in [5.74, 6) is -0.261. The van der Waals surface area contributed by atoms with Crippen molar-refractivity contribution in [1.82, 2.24) is 5.32 Å². The van der Waals surface area contributed by atoms with E-state index in [2.05, 4.69) is 35.6 Å². The fraction of sp³-hybridized carbons (Fsp3) is 0.188. The predicted molar refractivity (Wildman–Crippen MR) is 77.3 cm³/mol. The summed E-state index contributed by atoms with van der Waals surface area (Å²) in [4.78, 5) is 11.7. The third-order valence-corrected chi connectivity index (χ3v) is 3.48. The second-order valence-electron chi connectivity index (χ2n) is 4.60. The van der Waals surface area contributed by atoms with E-state index in [1.165, 1.54) is 17.9 Å². The number of ether oxygens (including phenoxy) is 1. The van der Waals surface area contributed by atoms with Gasteiger partial charge in [-0.1, -0.05) is 42.5 Å². The van der Waals surface area contributed by atoms with E-state index in [-0.39, 0.29) is 16.7 Å². The Balaban J connectivity index is 0.00000147. The predicted octanol–water partition coefficient (Wildman–Crippen LogP) is 2.74. The van der Waals surface area contributed by atoms with Gasteiger partial charge in [0.15, 0.2) is 0 Å². The van der Waals surface area contributed by atoms with Crippen LogP contribution in [-0.2, 0) is 9.53 Å². The van der Waals surface area contributed by atoms with Gasteiger partial charge in [0.25, 0.3) is 0 Å². The maximum atomic E-state index is 11.7. The molecule has 0 aliphatic carbocycles. The van der Waals surface area contributed by atoms with Crippen LogP contribution in [0.3, 0.4) is 0 Å². The first-order chi connectivity index (χ1) is 9.29. The van der Waals surface area contributed by atoms with E-state index >= 15 is 0 Å². The standard InChI is InChI=1S/C16H15NO2.FH/c1-19-16(18)14-8-9-17-15(14)13-7-6-11-4-2-3-5-12(11)10-13;/h2-8,10,15,17H,9H2,1H3;1H. The molecule has 1 heterocycles. The fourth-order valence-electron chi connectivity index (χ4n) is 2.52. The van der Waals surface area contributed by atoms with Gasteiger partial charge in [-0.2, -0.15) is 0 Å². The molecule has 3 nitrogen and oxygen atoms in total. The Morgan fingerprint density at radius 3 is 2.70 bits per heavy atom. The minimum atomic E-state index is -0.261. The molecule has 0 amide bonds. The lowest BCUT2D eigenvalue weighted by Gasteiger charge is -2.15. The number of fused-ring (bicyclic) bond motifs is 1. The van der Waals surface area contributed by atoms with Gasteiger partial charge >= 0.3 is 5.97 Å². The van der Waals surface area contributed by atoms with E-state index in [0.717, 1.165) is 5.56 Å². The number of hydrogen-bond donors (Lipinski definition) is 1. The molecular weight excluding hydrogens is 257 g/mol. The smallest absolute Gasteiger partial charge is 0.335 e. The minimum Gasteiger partial charge on any atom is -0.466 e. The van der Waals surface area contributed by atoms with E-state index < -0.39 is 0 Å². The van der Waals surface area contributed by atoms with Gasteiger partial charge in [0.2, 0.25) is 0 Å². The highest BCUT2D eigenvalue weighted by molar-refractivity contribution is 5.91. The molecule has 0 fully saturated rings. The van der Waals surface area contributed by atoms with Crippen LogP contribution in [-0.4, -0.2) is 19.6 Å². The van der Waals surface area contributed by atoms with Crippen LogP contribution in [0.25, 0.3) is 10.8 Å². The Bertz CT molecular complexity index is 666. The van der Waals surface area contributed by atoms with Crippen LogP contribution < -0.4 is 5.32 Å². The molecule has 1 aliphatic rings. The second kappa shape index (κ2) is 5.84. The molecule has 3 rings (SSSR count). The summed E-state index contributed by atoms with van der Waals surface area (Å²) in [6.45, 7) is 0.696. The van der Waals surface area contributed by atoms with Crippen molar-refractivity contribution in [3.05, 3.63) is 59.7 Å². The Hall–Kier alpha value is -2.20. The van der Waals surface area contributed by atoms with Gasteiger partial charge in [0.05, 0.1) is 18.7 Å². The summed E-state index contributed by atoms with van der Waals surface area (Å²) in [5.41, 5.74) is 1.78. The number of halogens is 1. The molecule has 0 aromatic heterocycles. The van der Waals surface area contributed by atoms with Crippen LogP contribution >= 0.6 is 0 Å². The molecule has 1 unspecified atom stereocenters. The molecule has 2 aromatic rings. The third-order valence-electron chi connectivity index (χ3n) is 3.48.